The summed E-state index contributed by atoms with van der Waals surface area (Å²) in [5.41, 5.74) is 5.94. The molecule has 0 bridgehead atoms. The molecule has 0 spiro atoms. The Morgan fingerprint density at radius 2 is 1.94 bits per heavy atom. The van der Waals surface area contributed by atoms with Crippen molar-refractivity contribution >= 4 is 5.91 Å². The number of carbonyl (C=O) groups is 1. The predicted octanol–water partition coefficient (Wildman–Crippen LogP) is 3.11. The Labute approximate surface area is 105 Å². The Kier molecular flexibility index (Phi) is 3.94. The molecule has 1 saturated carbocycles. The van der Waals surface area contributed by atoms with Crippen molar-refractivity contribution in [3.8, 4) is 0 Å². The first-order valence-corrected chi connectivity index (χ1v) is 6.31. The van der Waals surface area contributed by atoms with Crippen LogP contribution in [0.25, 0.3) is 0 Å². The minimum absolute atomic E-state index is 0.0832. The molecule has 2 nitrogen and oxygen atoms in total. The molecule has 0 saturated heterocycles. The number of carbonyl (C=O) groups excluding carboxylic acids is 1. The van der Waals surface area contributed by atoms with Gasteiger partial charge < -0.3 is 5.73 Å². The Balaban J connectivity index is 2.26. The quantitative estimate of drug-likeness (QED) is 0.880. The van der Waals surface area contributed by atoms with Gasteiger partial charge in [-0.3, -0.25) is 4.79 Å². The maximum atomic E-state index is 13.3. The third-order valence-electron chi connectivity index (χ3n) is 3.76. The summed E-state index contributed by atoms with van der Waals surface area (Å²) < 4.78 is 26.2. The molecule has 98 valence electrons. The maximum absolute atomic E-state index is 13.3. The second-order valence-electron chi connectivity index (χ2n) is 5.00. The summed E-state index contributed by atoms with van der Waals surface area (Å²) >= 11 is 0. The molecule has 1 amide bonds. The second kappa shape index (κ2) is 5.46. The van der Waals surface area contributed by atoms with E-state index in [1.54, 1.807) is 6.07 Å². The van der Waals surface area contributed by atoms with Crippen LogP contribution in [0.3, 0.4) is 0 Å². The van der Waals surface area contributed by atoms with Gasteiger partial charge in [-0.25, -0.2) is 8.78 Å². The van der Waals surface area contributed by atoms with Crippen LogP contribution in [0.5, 0.6) is 0 Å². The number of halogens is 2. The molecule has 1 aromatic carbocycles. The molecule has 0 heterocycles. The van der Waals surface area contributed by atoms with E-state index in [-0.39, 0.29) is 12.3 Å². The van der Waals surface area contributed by atoms with E-state index < -0.39 is 17.5 Å². The molecular weight excluding hydrogens is 236 g/mol. The lowest BCUT2D eigenvalue weighted by Gasteiger charge is -2.22. The first-order valence-electron chi connectivity index (χ1n) is 6.31. The smallest absolute Gasteiger partial charge is 0.218 e. The summed E-state index contributed by atoms with van der Waals surface area (Å²) in [6, 6.07) is 3.87. The van der Waals surface area contributed by atoms with Crippen LogP contribution < -0.4 is 5.73 Å². The topological polar surface area (TPSA) is 43.1 Å². The standard InChI is InChI=1S/C14H17F2NO/c15-12-6-5-10(7-13(12)16)11(8-14(17)18)9-3-1-2-4-9/h5-7,9,11H,1-4,8H2,(H2,17,18). The lowest BCUT2D eigenvalue weighted by molar-refractivity contribution is -0.118. The molecule has 0 aromatic heterocycles. The van der Waals surface area contributed by atoms with Crippen LogP contribution in [0, 0.1) is 17.6 Å². The van der Waals surface area contributed by atoms with E-state index in [0.717, 1.165) is 31.7 Å². The molecule has 2 rings (SSSR count). The molecule has 1 atom stereocenters. The summed E-state index contributed by atoms with van der Waals surface area (Å²) in [6.07, 6.45) is 4.51. The van der Waals surface area contributed by atoms with Gasteiger partial charge in [0.1, 0.15) is 0 Å². The zero-order valence-electron chi connectivity index (χ0n) is 10.2. The molecule has 18 heavy (non-hydrogen) atoms. The van der Waals surface area contributed by atoms with Crippen molar-refractivity contribution in [1.82, 2.24) is 0 Å². The Hall–Kier alpha value is -1.45. The second-order valence-corrected chi connectivity index (χ2v) is 5.00. The van der Waals surface area contributed by atoms with Crippen molar-refractivity contribution in [1.29, 1.82) is 0 Å². The van der Waals surface area contributed by atoms with E-state index in [1.165, 1.54) is 6.07 Å². The van der Waals surface area contributed by atoms with Gasteiger partial charge in [0.15, 0.2) is 11.6 Å². The van der Waals surface area contributed by atoms with E-state index in [1.807, 2.05) is 0 Å². The van der Waals surface area contributed by atoms with Crippen molar-refractivity contribution in [2.75, 3.05) is 0 Å². The third kappa shape index (κ3) is 2.86. The van der Waals surface area contributed by atoms with Crippen molar-refractivity contribution in [2.24, 2.45) is 11.7 Å². The van der Waals surface area contributed by atoms with Crippen molar-refractivity contribution < 1.29 is 13.6 Å². The minimum atomic E-state index is -0.861. The average molecular weight is 253 g/mol. The van der Waals surface area contributed by atoms with E-state index in [9.17, 15) is 13.6 Å². The van der Waals surface area contributed by atoms with Crippen LogP contribution in [0.4, 0.5) is 8.78 Å². The van der Waals surface area contributed by atoms with Crippen LogP contribution in [0.15, 0.2) is 18.2 Å². The Morgan fingerprint density at radius 1 is 1.28 bits per heavy atom. The van der Waals surface area contributed by atoms with Crippen molar-refractivity contribution in [3.05, 3.63) is 35.4 Å². The fraction of sp³-hybridized carbons (Fsp3) is 0.500. The summed E-state index contributed by atoms with van der Waals surface area (Å²) in [6.45, 7) is 0. The first kappa shape index (κ1) is 13.0. The number of hydrogen-bond donors (Lipinski definition) is 1. The van der Waals surface area contributed by atoms with Gasteiger partial charge in [0.05, 0.1) is 0 Å². The van der Waals surface area contributed by atoms with E-state index in [4.69, 9.17) is 5.73 Å². The largest absolute Gasteiger partial charge is 0.370 e. The van der Waals surface area contributed by atoms with E-state index in [2.05, 4.69) is 0 Å². The average Bonchev–Trinajstić information content (AvgIpc) is 2.83. The fourth-order valence-corrected chi connectivity index (χ4v) is 2.88. The van der Waals surface area contributed by atoms with Crippen molar-refractivity contribution in [2.45, 2.75) is 38.0 Å². The predicted molar refractivity (Wildman–Crippen MR) is 64.9 cm³/mol. The summed E-state index contributed by atoms with van der Waals surface area (Å²) in [7, 11) is 0. The number of benzene rings is 1. The van der Waals surface area contributed by atoms with Gasteiger partial charge >= 0.3 is 0 Å². The number of primary amides is 1. The minimum Gasteiger partial charge on any atom is -0.370 e. The monoisotopic (exact) mass is 253 g/mol. The van der Waals surface area contributed by atoms with Crippen LogP contribution in [0.2, 0.25) is 0 Å². The molecule has 4 heteroatoms. The normalized spacial score (nSPS) is 17.9. The molecule has 0 aliphatic heterocycles. The molecule has 1 aromatic rings. The van der Waals surface area contributed by atoms with Gasteiger partial charge in [-0.05, 0) is 42.4 Å². The van der Waals surface area contributed by atoms with Crippen LogP contribution in [-0.4, -0.2) is 5.91 Å². The number of amides is 1. The number of rotatable bonds is 4. The summed E-state index contributed by atoms with van der Waals surface area (Å²) in [4.78, 5) is 11.1. The molecule has 1 fully saturated rings. The van der Waals surface area contributed by atoms with Gasteiger partial charge in [-0.1, -0.05) is 18.9 Å². The molecule has 0 radical (unpaired) electrons. The highest BCUT2D eigenvalue weighted by Gasteiger charge is 2.28. The Morgan fingerprint density at radius 3 is 2.50 bits per heavy atom. The number of hydrogen-bond acceptors (Lipinski definition) is 1. The molecule has 1 aliphatic carbocycles. The zero-order chi connectivity index (χ0) is 13.1. The van der Waals surface area contributed by atoms with Crippen LogP contribution in [-0.2, 0) is 4.79 Å². The Bertz CT molecular complexity index is 441. The van der Waals surface area contributed by atoms with Crippen LogP contribution >= 0.6 is 0 Å². The van der Waals surface area contributed by atoms with E-state index in [0.29, 0.717) is 11.5 Å². The lowest BCUT2D eigenvalue weighted by atomic mass is 9.82. The highest BCUT2D eigenvalue weighted by molar-refractivity contribution is 5.74. The third-order valence-corrected chi connectivity index (χ3v) is 3.76. The van der Waals surface area contributed by atoms with Gasteiger partial charge in [0.25, 0.3) is 0 Å². The maximum Gasteiger partial charge on any atom is 0.218 e. The van der Waals surface area contributed by atoms with Crippen LogP contribution in [0.1, 0.15) is 43.6 Å². The van der Waals surface area contributed by atoms with Gasteiger partial charge in [-0.2, -0.15) is 0 Å². The first-order chi connectivity index (χ1) is 8.58. The van der Waals surface area contributed by atoms with E-state index >= 15 is 0 Å². The summed E-state index contributed by atoms with van der Waals surface area (Å²) in [5, 5.41) is 0. The number of nitrogens with two attached hydrogens (primary N) is 1. The van der Waals surface area contributed by atoms with Gasteiger partial charge in [0, 0.05) is 6.42 Å². The SMILES string of the molecule is NC(=O)CC(c1ccc(F)c(F)c1)C1CCCC1. The molecule has 1 unspecified atom stereocenters. The molecule has 1 aliphatic rings. The molecule has 2 N–H and O–H groups in total. The summed E-state index contributed by atoms with van der Waals surface area (Å²) in [5.74, 6) is -1.85. The zero-order valence-corrected chi connectivity index (χ0v) is 10.2. The van der Waals surface area contributed by atoms with Gasteiger partial charge in [0.2, 0.25) is 5.91 Å². The fourth-order valence-electron chi connectivity index (χ4n) is 2.88. The van der Waals surface area contributed by atoms with Gasteiger partial charge in [-0.15, -0.1) is 0 Å². The lowest BCUT2D eigenvalue weighted by Crippen LogP contribution is -2.20. The highest BCUT2D eigenvalue weighted by atomic mass is 19.2. The van der Waals surface area contributed by atoms with Crippen molar-refractivity contribution in [3.63, 3.8) is 0 Å². The molecular formula is C14H17F2NO. The highest BCUT2D eigenvalue weighted by Crippen LogP contribution is 2.39.